The van der Waals surface area contributed by atoms with Crippen LogP contribution in [0.1, 0.15) is 41.8 Å². The van der Waals surface area contributed by atoms with Gasteiger partial charge < -0.3 is 9.88 Å². The monoisotopic (exact) mass is 473 g/mol. The lowest BCUT2D eigenvalue weighted by molar-refractivity contribution is 0.777. The van der Waals surface area contributed by atoms with Gasteiger partial charge in [0.2, 0.25) is 0 Å². The molecule has 0 aliphatic carbocycles. The summed E-state index contributed by atoms with van der Waals surface area (Å²) in [6, 6.07) is 31.6. The number of anilines is 1. The molecule has 5 nitrogen and oxygen atoms in total. The van der Waals surface area contributed by atoms with Crippen LogP contribution in [0.25, 0.3) is 16.7 Å². The smallest absolute Gasteiger partial charge is 0.166 e. The zero-order valence-corrected chi connectivity index (χ0v) is 20.6. The maximum absolute atomic E-state index is 4.67. The number of aryl methyl sites for hydroxylation is 1. The van der Waals surface area contributed by atoms with Gasteiger partial charge in [0.1, 0.15) is 11.3 Å². The van der Waals surface area contributed by atoms with Crippen molar-refractivity contribution in [2.75, 3.05) is 11.9 Å². The first-order valence-corrected chi connectivity index (χ1v) is 12.6. The average Bonchev–Trinajstić information content (AvgIpc) is 3.32. The van der Waals surface area contributed by atoms with Gasteiger partial charge in [0.05, 0.1) is 12.9 Å². The molecule has 0 saturated heterocycles. The van der Waals surface area contributed by atoms with Crippen molar-refractivity contribution in [2.24, 2.45) is 0 Å². The van der Waals surface area contributed by atoms with E-state index in [9.17, 15) is 0 Å². The minimum Gasteiger partial charge on any atom is -0.368 e. The number of rotatable bonds is 10. The number of hydrogen-bond acceptors (Lipinski definition) is 4. The summed E-state index contributed by atoms with van der Waals surface area (Å²) in [5, 5.41) is 3.51. The Morgan fingerprint density at radius 1 is 0.806 bits per heavy atom. The van der Waals surface area contributed by atoms with E-state index in [1.807, 2.05) is 19.3 Å². The Bertz CT molecular complexity index is 1380. The minimum atomic E-state index is 0.741. The third-order valence-corrected chi connectivity index (χ3v) is 6.21. The molecule has 0 unspecified atom stereocenters. The van der Waals surface area contributed by atoms with E-state index in [1.165, 1.54) is 22.3 Å². The second-order valence-corrected chi connectivity index (χ2v) is 8.92. The van der Waals surface area contributed by atoms with Crippen LogP contribution in [-0.2, 0) is 6.54 Å². The summed E-state index contributed by atoms with van der Waals surface area (Å²) in [4.78, 5) is 13.9. The number of unbranched alkanes of at least 4 members (excludes halogenated alkanes) is 2. The van der Waals surface area contributed by atoms with Crippen LogP contribution in [0.5, 0.6) is 0 Å². The van der Waals surface area contributed by atoms with Crippen LogP contribution >= 0.6 is 0 Å². The fourth-order valence-electron chi connectivity index (χ4n) is 4.43. The van der Waals surface area contributed by atoms with E-state index in [2.05, 4.69) is 116 Å². The molecule has 0 atom stereocenters. The molecule has 3 aromatic carbocycles. The topological polar surface area (TPSA) is 55.6 Å². The van der Waals surface area contributed by atoms with Gasteiger partial charge in [-0.3, -0.25) is 0 Å². The van der Waals surface area contributed by atoms with Crippen LogP contribution in [0, 0.1) is 6.92 Å². The molecule has 0 aliphatic heterocycles. The molecule has 5 aromatic rings. The van der Waals surface area contributed by atoms with Crippen LogP contribution < -0.4 is 5.32 Å². The molecule has 0 bridgehead atoms. The fraction of sp³-hybridized carbons (Fsp3) is 0.194. The van der Waals surface area contributed by atoms with Crippen LogP contribution in [-0.4, -0.2) is 26.1 Å². The summed E-state index contributed by atoms with van der Waals surface area (Å²) in [5.74, 6) is 1.56. The second-order valence-electron chi connectivity index (χ2n) is 8.92. The normalized spacial score (nSPS) is 10.9. The van der Waals surface area contributed by atoms with Crippen molar-refractivity contribution in [1.82, 2.24) is 19.5 Å². The highest BCUT2D eigenvalue weighted by molar-refractivity contribution is 5.83. The first-order chi connectivity index (χ1) is 17.8. The van der Waals surface area contributed by atoms with E-state index in [0.29, 0.717) is 0 Å². The number of nitrogens with zero attached hydrogens (tertiary/aromatic N) is 4. The Hall–Kier alpha value is -4.25. The lowest BCUT2D eigenvalue weighted by Gasteiger charge is -2.10. The van der Waals surface area contributed by atoms with Crippen molar-refractivity contribution in [1.29, 1.82) is 0 Å². The first-order valence-electron chi connectivity index (χ1n) is 12.6. The number of aromatic nitrogens is 4. The summed E-state index contributed by atoms with van der Waals surface area (Å²) in [6.07, 6.45) is 7.37. The minimum absolute atomic E-state index is 0.741. The number of allylic oxidation sites excluding steroid dienone is 1. The molecule has 1 N–H and O–H groups in total. The van der Waals surface area contributed by atoms with E-state index >= 15 is 0 Å². The SMILES string of the molecule is Cc1nc(NCCCCC=C(c2ccccc2)c2ccccc2)c2ncn(Cc3ccccc3)c2n1. The Balaban J connectivity index is 1.22. The van der Waals surface area contributed by atoms with Crippen molar-refractivity contribution < 1.29 is 0 Å². The molecular formula is C31H31N5. The van der Waals surface area contributed by atoms with Crippen LogP contribution in [0.15, 0.2) is 103 Å². The number of nitrogens with one attached hydrogen (secondary N) is 1. The van der Waals surface area contributed by atoms with Gasteiger partial charge in [-0.15, -0.1) is 0 Å². The average molecular weight is 474 g/mol. The predicted octanol–water partition coefficient (Wildman–Crippen LogP) is 6.90. The van der Waals surface area contributed by atoms with Crippen molar-refractivity contribution in [2.45, 2.75) is 32.7 Å². The zero-order valence-electron chi connectivity index (χ0n) is 20.6. The van der Waals surface area contributed by atoms with Crippen molar-refractivity contribution in [3.05, 3.63) is 126 Å². The number of fused-ring (bicyclic) bond motifs is 1. The number of imidazole rings is 1. The maximum atomic E-state index is 4.67. The van der Waals surface area contributed by atoms with Gasteiger partial charge in [-0.1, -0.05) is 97.1 Å². The highest BCUT2D eigenvalue weighted by atomic mass is 15.2. The lowest BCUT2D eigenvalue weighted by Crippen LogP contribution is -2.07. The molecule has 2 aromatic heterocycles. The third kappa shape index (κ3) is 5.69. The maximum Gasteiger partial charge on any atom is 0.166 e. The Kier molecular flexibility index (Phi) is 7.47. The summed E-state index contributed by atoms with van der Waals surface area (Å²) in [5.41, 5.74) is 6.72. The molecule has 36 heavy (non-hydrogen) atoms. The molecular weight excluding hydrogens is 442 g/mol. The van der Waals surface area contributed by atoms with Gasteiger partial charge in [-0.2, -0.15) is 0 Å². The first kappa shape index (κ1) is 23.5. The molecule has 0 saturated carbocycles. The second kappa shape index (κ2) is 11.5. The molecule has 0 aliphatic rings. The molecule has 0 radical (unpaired) electrons. The van der Waals surface area contributed by atoms with Gasteiger partial charge in [0, 0.05) is 6.54 Å². The molecule has 0 amide bonds. The summed E-state index contributed by atoms with van der Waals surface area (Å²) in [7, 11) is 0. The summed E-state index contributed by atoms with van der Waals surface area (Å²) in [6.45, 7) is 3.52. The van der Waals surface area contributed by atoms with Gasteiger partial charge in [0.15, 0.2) is 11.5 Å². The zero-order chi connectivity index (χ0) is 24.6. The standard InChI is InChI=1S/C31H31N5/c1-24-34-30(29-31(35-24)36(23-33-29)22-25-14-6-2-7-15-25)32-21-13-5-12-20-28(26-16-8-3-9-17-26)27-18-10-4-11-19-27/h2-4,6-11,14-20,23H,5,12-13,21-22H2,1H3,(H,32,34,35). The van der Waals surface area contributed by atoms with Gasteiger partial charge in [-0.25, -0.2) is 15.0 Å². The van der Waals surface area contributed by atoms with E-state index in [-0.39, 0.29) is 0 Å². The van der Waals surface area contributed by atoms with Crippen molar-refractivity contribution >= 4 is 22.6 Å². The van der Waals surface area contributed by atoms with Gasteiger partial charge in [-0.05, 0) is 48.4 Å². The Morgan fingerprint density at radius 3 is 2.11 bits per heavy atom. The highest BCUT2D eigenvalue weighted by Gasteiger charge is 2.12. The third-order valence-electron chi connectivity index (χ3n) is 6.21. The van der Waals surface area contributed by atoms with Crippen molar-refractivity contribution in [3.63, 3.8) is 0 Å². The highest BCUT2D eigenvalue weighted by Crippen LogP contribution is 2.24. The molecule has 180 valence electrons. The number of hydrogen-bond donors (Lipinski definition) is 1. The number of benzene rings is 3. The van der Waals surface area contributed by atoms with Gasteiger partial charge in [0.25, 0.3) is 0 Å². The van der Waals surface area contributed by atoms with E-state index < -0.39 is 0 Å². The predicted molar refractivity (Wildman–Crippen MR) is 148 cm³/mol. The lowest BCUT2D eigenvalue weighted by atomic mass is 9.96. The molecule has 0 fully saturated rings. The van der Waals surface area contributed by atoms with E-state index in [0.717, 1.165) is 55.2 Å². The molecule has 2 heterocycles. The summed E-state index contributed by atoms with van der Waals surface area (Å²) < 4.78 is 2.09. The van der Waals surface area contributed by atoms with E-state index in [4.69, 9.17) is 0 Å². The molecule has 0 spiro atoms. The Labute approximate surface area is 212 Å². The molecule has 5 rings (SSSR count). The van der Waals surface area contributed by atoms with Gasteiger partial charge >= 0.3 is 0 Å². The van der Waals surface area contributed by atoms with Crippen LogP contribution in [0.3, 0.4) is 0 Å². The quantitative estimate of drug-likeness (QED) is 0.224. The summed E-state index contributed by atoms with van der Waals surface area (Å²) >= 11 is 0. The van der Waals surface area contributed by atoms with Crippen molar-refractivity contribution in [3.8, 4) is 0 Å². The Morgan fingerprint density at radius 2 is 1.44 bits per heavy atom. The van der Waals surface area contributed by atoms with E-state index in [1.54, 1.807) is 0 Å². The fourth-order valence-corrected chi connectivity index (χ4v) is 4.43. The largest absolute Gasteiger partial charge is 0.368 e. The molecule has 5 heteroatoms. The van der Waals surface area contributed by atoms with Crippen LogP contribution in [0.4, 0.5) is 5.82 Å². The van der Waals surface area contributed by atoms with Crippen LogP contribution in [0.2, 0.25) is 0 Å².